The van der Waals surface area contributed by atoms with Gasteiger partial charge in [-0.1, -0.05) is 13.8 Å². The fourth-order valence-corrected chi connectivity index (χ4v) is 3.14. The fraction of sp³-hybridized carbons (Fsp3) is 0.667. The number of nitrogens with one attached hydrogen (secondary N) is 1. The zero-order valence-corrected chi connectivity index (χ0v) is 13.0. The van der Waals surface area contributed by atoms with Crippen LogP contribution in [-0.4, -0.2) is 37.8 Å². The first kappa shape index (κ1) is 14.3. The highest BCUT2D eigenvalue weighted by Gasteiger charge is 2.34. The van der Waals surface area contributed by atoms with Gasteiger partial charge in [-0.25, -0.2) is 4.98 Å². The van der Waals surface area contributed by atoms with Gasteiger partial charge in [0.25, 0.3) is 5.78 Å². The van der Waals surface area contributed by atoms with Crippen molar-refractivity contribution in [2.75, 3.05) is 11.9 Å². The van der Waals surface area contributed by atoms with E-state index in [0.717, 1.165) is 43.8 Å². The first-order valence-corrected chi connectivity index (χ1v) is 7.73. The summed E-state index contributed by atoms with van der Waals surface area (Å²) in [4.78, 5) is 8.55. The maximum Gasteiger partial charge on any atom is 0.254 e. The molecule has 0 spiro atoms. The summed E-state index contributed by atoms with van der Waals surface area (Å²) in [5.74, 6) is 1.60. The molecule has 1 N–H and O–H groups in total. The van der Waals surface area contributed by atoms with Crippen molar-refractivity contribution in [3.05, 3.63) is 18.1 Å². The summed E-state index contributed by atoms with van der Waals surface area (Å²) in [7, 11) is 0. The van der Waals surface area contributed by atoms with Crippen LogP contribution in [0, 0.1) is 6.92 Å². The molecule has 3 rings (SSSR count). The Balaban J connectivity index is 1.83. The zero-order valence-electron chi connectivity index (χ0n) is 13.0. The molecule has 0 aromatic carbocycles. The molecule has 1 aliphatic heterocycles. The molecule has 2 aromatic heterocycles. The number of aromatic nitrogens is 4. The Hall–Kier alpha value is -1.69. The van der Waals surface area contributed by atoms with Crippen molar-refractivity contribution in [2.45, 2.75) is 58.1 Å². The predicted molar refractivity (Wildman–Crippen MR) is 81.4 cm³/mol. The number of aryl methyl sites for hydroxylation is 1. The normalized spacial score (nSPS) is 21.6. The minimum atomic E-state index is 0.0134. The highest BCUT2D eigenvalue weighted by atomic mass is 16.5. The SMILES string of the molecule is CCC1(CC)CC(Nc2cc(C)nc3ncnn23)CCO1. The molecule has 0 aliphatic carbocycles. The summed E-state index contributed by atoms with van der Waals surface area (Å²) in [6.45, 7) is 7.20. The molecule has 1 atom stereocenters. The number of fused-ring (bicyclic) bond motifs is 1. The first-order valence-electron chi connectivity index (χ1n) is 7.73. The molecule has 0 amide bonds. The lowest BCUT2D eigenvalue weighted by molar-refractivity contribution is -0.0864. The molecule has 21 heavy (non-hydrogen) atoms. The van der Waals surface area contributed by atoms with Gasteiger partial charge in [0.05, 0.1) is 5.60 Å². The van der Waals surface area contributed by atoms with Crippen molar-refractivity contribution in [2.24, 2.45) is 0 Å². The second-order valence-electron chi connectivity index (χ2n) is 5.83. The van der Waals surface area contributed by atoms with E-state index in [-0.39, 0.29) is 5.60 Å². The van der Waals surface area contributed by atoms with Gasteiger partial charge < -0.3 is 10.1 Å². The van der Waals surface area contributed by atoms with Crippen LogP contribution < -0.4 is 5.32 Å². The number of nitrogens with zero attached hydrogens (tertiary/aromatic N) is 4. The average molecular weight is 289 g/mol. The molecule has 1 unspecified atom stereocenters. The summed E-state index contributed by atoms with van der Waals surface area (Å²) >= 11 is 0. The third-order valence-electron chi connectivity index (χ3n) is 4.51. The van der Waals surface area contributed by atoms with Crippen molar-refractivity contribution in [3.8, 4) is 0 Å². The number of rotatable bonds is 4. The van der Waals surface area contributed by atoms with Crippen LogP contribution in [0.2, 0.25) is 0 Å². The van der Waals surface area contributed by atoms with E-state index in [0.29, 0.717) is 11.8 Å². The van der Waals surface area contributed by atoms with Gasteiger partial charge in [-0.3, -0.25) is 0 Å². The van der Waals surface area contributed by atoms with Gasteiger partial charge in [-0.2, -0.15) is 14.6 Å². The van der Waals surface area contributed by atoms with Crippen LogP contribution in [0.1, 0.15) is 45.2 Å². The van der Waals surface area contributed by atoms with Crippen LogP contribution in [0.3, 0.4) is 0 Å². The molecule has 1 fully saturated rings. The summed E-state index contributed by atoms with van der Waals surface area (Å²) in [6, 6.07) is 2.42. The van der Waals surface area contributed by atoms with Crippen molar-refractivity contribution in [1.82, 2.24) is 19.6 Å². The fourth-order valence-electron chi connectivity index (χ4n) is 3.14. The number of hydrogen-bond donors (Lipinski definition) is 1. The van der Waals surface area contributed by atoms with Crippen LogP contribution in [-0.2, 0) is 4.74 Å². The van der Waals surface area contributed by atoms with Gasteiger partial charge in [0.2, 0.25) is 0 Å². The molecule has 6 nitrogen and oxygen atoms in total. The van der Waals surface area contributed by atoms with E-state index in [1.807, 2.05) is 13.0 Å². The Labute approximate surface area is 124 Å². The molecule has 1 saturated heterocycles. The monoisotopic (exact) mass is 289 g/mol. The topological polar surface area (TPSA) is 64.3 Å². The van der Waals surface area contributed by atoms with E-state index >= 15 is 0 Å². The quantitative estimate of drug-likeness (QED) is 0.937. The van der Waals surface area contributed by atoms with Gasteiger partial charge in [-0.15, -0.1) is 0 Å². The number of hydrogen-bond acceptors (Lipinski definition) is 5. The molecule has 0 bridgehead atoms. The lowest BCUT2D eigenvalue weighted by atomic mass is 9.86. The van der Waals surface area contributed by atoms with Gasteiger partial charge in [-0.05, 0) is 32.6 Å². The van der Waals surface area contributed by atoms with Gasteiger partial charge in [0.15, 0.2) is 0 Å². The zero-order chi connectivity index (χ0) is 14.9. The molecule has 114 valence electrons. The molecule has 0 radical (unpaired) electrons. The van der Waals surface area contributed by atoms with Crippen LogP contribution in [0.25, 0.3) is 5.78 Å². The minimum absolute atomic E-state index is 0.0134. The van der Waals surface area contributed by atoms with E-state index in [2.05, 4.69) is 34.2 Å². The Morgan fingerprint density at radius 2 is 2.24 bits per heavy atom. The molecule has 6 heteroatoms. The minimum Gasteiger partial charge on any atom is -0.375 e. The maximum absolute atomic E-state index is 6.04. The largest absolute Gasteiger partial charge is 0.375 e. The Morgan fingerprint density at radius 1 is 1.43 bits per heavy atom. The van der Waals surface area contributed by atoms with Crippen molar-refractivity contribution >= 4 is 11.6 Å². The Kier molecular flexibility index (Phi) is 3.80. The maximum atomic E-state index is 6.04. The molecule has 3 heterocycles. The third-order valence-corrected chi connectivity index (χ3v) is 4.51. The van der Waals surface area contributed by atoms with Crippen molar-refractivity contribution in [3.63, 3.8) is 0 Å². The van der Waals surface area contributed by atoms with Crippen LogP contribution in [0.4, 0.5) is 5.82 Å². The van der Waals surface area contributed by atoms with Crippen LogP contribution >= 0.6 is 0 Å². The summed E-state index contributed by atoms with van der Waals surface area (Å²) < 4.78 is 7.81. The van der Waals surface area contributed by atoms with E-state index < -0.39 is 0 Å². The molecular formula is C15H23N5O. The Bertz CT molecular complexity index is 620. The number of ether oxygens (including phenoxy) is 1. The van der Waals surface area contributed by atoms with E-state index in [9.17, 15) is 0 Å². The lowest BCUT2D eigenvalue weighted by Gasteiger charge is -2.40. The van der Waals surface area contributed by atoms with E-state index in [4.69, 9.17) is 4.74 Å². The molecular weight excluding hydrogens is 266 g/mol. The standard InChI is InChI=1S/C15H23N5O/c1-4-15(5-2)9-12(6-7-21-15)19-13-8-11(3)18-14-16-10-17-20(13)14/h8,10,12,19H,4-7,9H2,1-3H3. The highest BCUT2D eigenvalue weighted by Crippen LogP contribution is 2.32. The van der Waals surface area contributed by atoms with Gasteiger partial charge in [0.1, 0.15) is 12.1 Å². The predicted octanol–water partition coefficient (Wildman–Crippen LogP) is 2.58. The summed E-state index contributed by atoms with van der Waals surface area (Å²) in [5, 5.41) is 7.87. The van der Waals surface area contributed by atoms with Crippen molar-refractivity contribution < 1.29 is 4.74 Å². The van der Waals surface area contributed by atoms with E-state index in [1.54, 1.807) is 10.8 Å². The molecule has 0 saturated carbocycles. The third kappa shape index (κ3) is 2.72. The highest BCUT2D eigenvalue weighted by molar-refractivity contribution is 5.45. The Morgan fingerprint density at radius 3 is 3.00 bits per heavy atom. The lowest BCUT2D eigenvalue weighted by Crippen LogP contribution is -2.43. The molecule has 1 aliphatic rings. The van der Waals surface area contributed by atoms with E-state index in [1.165, 1.54) is 0 Å². The molecule has 2 aromatic rings. The van der Waals surface area contributed by atoms with Gasteiger partial charge in [0, 0.05) is 24.4 Å². The summed E-state index contributed by atoms with van der Waals surface area (Å²) in [5.41, 5.74) is 0.960. The first-order chi connectivity index (χ1) is 10.2. The summed E-state index contributed by atoms with van der Waals surface area (Å²) in [6.07, 6.45) is 5.68. The second kappa shape index (κ2) is 5.60. The van der Waals surface area contributed by atoms with Gasteiger partial charge >= 0.3 is 0 Å². The van der Waals surface area contributed by atoms with Crippen LogP contribution in [0.15, 0.2) is 12.4 Å². The smallest absolute Gasteiger partial charge is 0.254 e. The average Bonchev–Trinajstić information content (AvgIpc) is 2.95. The second-order valence-corrected chi connectivity index (χ2v) is 5.83. The van der Waals surface area contributed by atoms with Crippen LogP contribution in [0.5, 0.6) is 0 Å². The number of anilines is 1. The van der Waals surface area contributed by atoms with Crippen molar-refractivity contribution in [1.29, 1.82) is 0 Å².